The number of nitrogens with one attached hydrogen (secondary N) is 1. The lowest BCUT2D eigenvalue weighted by Gasteiger charge is -2.38. The number of pyridine rings is 1. The molecule has 0 amide bonds. The summed E-state index contributed by atoms with van der Waals surface area (Å²) in [6, 6.07) is 9.18. The summed E-state index contributed by atoms with van der Waals surface area (Å²) >= 11 is 0. The predicted molar refractivity (Wildman–Crippen MR) is 135 cm³/mol. The normalized spacial score (nSPS) is 19.0. The average molecular weight is 463 g/mol. The van der Waals surface area contributed by atoms with Crippen molar-refractivity contribution < 1.29 is 0 Å². The average Bonchev–Trinajstić information content (AvgIpc) is 3.53. The van der Waals surface area contributed by atoms with Gasteiger partial charge in [0.1, 0.15) is 0 Å². The molecule has 2 aliphatic rings. The zero-order valence-corrected chi connectivity index (χ0v) is 20.8. The Balaban J connectivity index is 1.54. The number of tetrazole rings is 1. The van der Waals surface area contributed by atoms with Crippen LogP contribution in [0, 0.1) is 12.8 Å². The zero-order chi connectivity index (χ0) is 23.7. The van der Waals surface area contributed by atoms with Crippen molar-refractivity contribution in [3.05, 3.63) is 51.6 Å². The number of hydrogen-bond donors (Lipinski definition) is 1. The van der Waals surface area contributed by atoms with Crippen LogP contribution in [0.25, 0.3) is 10.9 Å². The quantitative estimate of drug-likeness (QED) is 0.504. The number of para-hydroxylation sites is 1. The number of H-pyrrole nitrogens is 1. The predicted octanol–water partition coefficient (Wildman–Crippen LogP) is 5.47. The molecular weight excluding hydrogens is 424 g/mol. The molecule has 0 aliphatic heterocycles. The van der Waals surface area contributed by atoms with Crippen LogP contribution in [0.1, 0.15) is 101 Å². The number of hydrogen-bond acceptors (Lipinski definition) is 5. The van der Waals surface area contributed by atoms with Crippen LogP contribution in [0.3, 0.4) is 0 Å². The lowest BCUT2D eigenvalue weighted by Crippen LogP contribution is -2.41. The van der Waals surface area contributed by atoms with Gasteiger partial charge in [0.2, 0.25) is 0 Å². The van der Waals surface area contributed by atoms with Crippen LogP contribution in [0.5, 0.6) is 0 Å². The first-order valence-corrected chi connectivity index (χ1v) is 13.2. The number of rotatable bonds is 7. The third-order valence-electron chi connectivity index (χ3n) is 8.00. The van der Waals surface area contributed by atoms with E-state index in [0.717, 1.165) is 40.7 Å². The molecule has 0 unspecified atom stereocenters. The Bertz CT molecular complexity index is 1170. The molecular formula is C27H38N6O. The fourth-order valence-corrected chi connectivity index (χ4v) is 6.24. The highest BCUT2D eigenvalue weighted by molar-refractivity contribution is 5.81. The highest BCUT2D eigenvalue weighted by atomic mass is 16.1. The number of fused-ring (bicyclic) bond motifs is 1. The fraction of sp³-hybridized carbons (Fsp3) is 0.630. The molecule has 2 aliphatic carbocycles. The second-order valence-electron chi connectivity index (χ2n) is 10.7. The van der Waals surface area contributed by atoms with Crippen molar-refractivity contribution >= 4 is 10.9 Å². The molecule has 34 heavy (non-hydrogen) atoms. The first-order valence-electron chi connectivity index (χ1n) is 13.2. The van der Waals surface area contributed by atoms with Crippen LogP contribution in [0.15, 0.2) is 29.1 Å². The van der Waals surface area contributed by atoms with Gasteiger partial charge in [-0.1, -0.05) is 64.2 Å². The van der Waals surface area contributed by atoms with E-state index in [9.17, 15) is 4.79 Å². The van der Waals surface area contributed by atoms with Gasteiger partial charge in [0, 0.05) is 18.2 Å². The minimum atomic E-state index is 0.0131. The van der Waals surface area contributed by atoms with E-state index in [0.29, 0.717) is 24.5 Å². The van der Waals surface area contributed by atoms with E-state index in [2.05, 4.69) is 62.1 Å². The number of aryl methyl sites for hydroxylation is 1. The van der Waals surface area contributed by atoms with Gasteiger partial charge in [-0.2, -0.15) is 0 Å². The maximum absolute atomic E-state index is 13.2. The van der Waals surface area contributed by atoms with Crippen molar-refractivity contribution in [1.29, 1.82) is 0 Å². The van der Waals surface area contributed by atoms with Gasteiger partial charge in [-0.25, -0.2) is 4.68 Å². The molecule has 7 nitrogen and oxygen atoms in total. The summed E-state index contributed by atoms with van der Waals surface area (Å²) < 4.78 is 2.12. The SMILES string of the molecule is Cc1cccc2cc(CN(C3CCCC3)[C@@H](c3nnnn3C3CCCCC3)C(C)C)c(=O)[nH]c12. The van der Waals surface area contributed by atoms with Gasteiger partial charge in [0.25, 0.3) is 5.56 Å². The van der Waals surface area contributed by atoms with Crippen LogP contribution >= 0.6 is 0 Å². The molecule has 1 aromatic carbocycles. The standard InChI is InChI=1S/C27H38N6O/c1-18(2)25(26-29-30-31-33(26)23-14-5-4-6-15-23)32(22-12-7-8-13-22)17-21-16-20-11-9-10-19(3)24(20)28-27(21)34/h9-11,16,18,22-23,25H,4-8,12-15,17H2,1-3H3,(H,28,34)/t25-/m1/s1. The molecule has 3 aromatic rings. The van der Waals surface area contributed by atoms with Crippen molar-refractivity contribution in [1.82, 2.24) is 30.1 Å². The molecule has 2 saturated carbocycles. The van der Waals surface area contributed by atoms with Crippen molar-refractivity contribution in [3.63, 3.8) is 0 Å². The van der Waals surface area contributed by atoms with Gasteiger partial charge in [-0.15, -0.1) is 5.10 Å². The third-order valence-corrected chi connectivity index (χ3v) is 8.00. The molecule has 2 aromatic heterocycles. The van der Waals surface area contributed by atoms with Gasteiger partial charge >= 0.3 is 0 Å². The van der Waals surface area contributed by atoms with Crippen molar-refractivity contribution in [3.8, 4) is 0 Å². The fourth-order valence-electron chi connectivity index (χ4n) is 6.24. The molecule has 2 heterocycles. The molecule has 0 bridgehead atoms. The summed E-state index contributed by atoms with van der Waals surface area (Å²) in [6.45, 7) is 7.19. The topological polar surface area (TPSA) is 79.7 Å². The Kier molecular flexibility index (Phi) is 6.82. The Morgan fingerprint density at radius 2 is 1.82 bits per heavy atom. The number of nitrogens with zero attached hydrogens (tertiary/aromatic N) is 5. The second-order valence-corrected chi connectivity index (χ2v) is 10.7. The van der Waals surface area contributed by atoms with E-state index < -0.39 is 0 Å². The highest BCUT2D eigenvalue weighted by Gasteiger charge is 2.36. The molecule has 2 fully saturated rings. The van der Waals surface area contributed by atoms with Gasteiger partial charge in [-0.05, 0) is 66.0 Å². The molecule has 182 valence electrons. The van der Waals surface area contributed by atoms with Crippen LogP contribution in [0.2, 0.25) is 0 Å². The van der Waals surface area contributed by atoms with Crippen LogP contribution in [-0.2, 0) is 6.54 Å². The van der Waals surface area contributed by atoms with Crippen molar-refractivity contribution in [2.45, 2.75) is 103 Å². The maximum Gasteiger partial charge on any atom is 0.252 e. The van der Waals surface area contributed by atoms with Crippen LogP contribution in [-0.4, -0.2) is 36.1 Å². The molecule has 0 radical (unpaired) electrons. The zero-order valence-electron chi connectivity index (χ0n) is 20.8. The van der Waals surface area contributed by atoms with E-state index in [1.807, 2.05) is 13.0 Å². The molecule has 1 N–H and O–H groups in total. The molecule has 1 atom stereocenters. The monoisotopic (exact) mass is 462 g/mol. The molecule has 5 rings (SSSR count). The molecule has 0 spiro atoms. The summed E-state index contributed by atoms with van der Waals surface area (Å²) in [7, 11) is 0. The van der Waals surface area contributed by atoms with Crippen LogP contribution < -0.4 is 5.56 Å². The second kappa shape index (κ2) is 9.98. The van der Waals surface area contributed by atoms with E-state index in [1.54, 1.807) is 0 Å². The Morgan fingerprint density at radius 1 is 1.09 bits per heavy atom. The minimum Gasteiger partial charge on any atom is -0.321 e. The largest absolute Gasteiger partial charge is 0.321 e. The Labute approximate surface area is 201 Å². The van der Waals surface area contributed by atoms with Gasteiger partial charge in [0.05, 0.1) is 17.6 Å². The lowest BCUT2D eigenvalue weighted by atomic mass is 9.94. The third kappa shape index (κ3) is 4.54. The van der Waals surface area contributed by atoms with Gasteiger partial charge in [-0.3, -0.25) is 9.69 Å². The summed E-state index contributed by atoms with van der Waals surface area (Å²) in [5.41, 5.74) is 2.87. The van der Waals surface area contributed by atoms with E-state index in [1.165, 1.54) is 44.9 Å². The number of benzene rings is 1. The van der Waals surface area contributed by atoms with Crippen molar-refractivity contribution in [2.24, 2.45) is 5.92 Å². The lowest BCUT2D eigenvalue weighted by molar-refractivity contribution is 0.0815. The highest BCUT2D eigenvalue weighted by Crippen LogP contribution is 2.38. The Hall–Kier alpha value is -2.54. The molecule has 0 saturated heterocycles. The number of aromatic nitrogens is 5. The Morgan fingerprint density at radius 3 is 2.56 bits per heavy atom. The summed E-state index contributed by atoms with van der Waals surface area (Å²) in [5, 5.41) is 14.3. The van der Waals surface area contributed by atoms with Crippen molar-refractivity contribution in [2.75, 3.05) is 0 Å². The van der Waals surface area contributed by atoms with Gasteiger partial charge in [0.15, 0.2) is 5.82 Å². The van der Waals surface area contributed by atoms with Gasteiger partial charge < -0.3 is 4.98 Å². The summed E-state index contributed by atoms with van der Waals surface area (Å²) in [4.78, 5) is 18.9. The van der Waals surface area contributed by atoms with E-state index >= 15 is 0 Å². The first kappa shape index (κ1) is 23.2. The van der Waals surface area contributed by atoms with E-state index in [-0.39, 0.29) is 11.6 Å². The minimum absolute atomic E-state index is 0.0131. The van der Waals surface area contributed by atoms with Crippen LogP contribution in [0.4, 0.5) is 0 Å². The first-order chi connectivity index (χ1) is 16.5. The number of aromatic amines is 1. The van der Waals surface area contributed by atoms with E-state index in [4.69, 9.17) is 0 Å². The smallest absolute Gasteiger partial charge is 0.252 e. The summed E-state index contributed by atoms with van der Waals surface area (Å²) in [6.07, 6.45) is 10.9. The molecule has 7 heteroatoms. The maximum atomic E-state index is 13.2. The summed E-state index contributed by atoms with van der Waals surface area (Å²) in [5.74, 6) is 1.30.